The Labute approximate surface area is 216 Å². The van der Waals surface area contributed by atoms with E-state index in [0.717, 1.165) is 43.1 Å². The molecule has 2 saturated heterocycles. The summed E-state index contributed by atoms with van der Waals surface area (Å²) in [6.07, 6.45) is 4.07. The summed E-state index contributed by atoms with van der Waals surface area (Å²) in [7, 11) is 1.59. The Morgan fingerprint density at radius 3 is 2.95 bits per heavy atom. The summed E-state index contributed by atoms with van der Waals surface area (Å²) in [5, 5.41) is 16.5. The van der Waals surface area contributed by atoms with Gasteiger partial charge in [0.2, 0.25) is 5.91 Å². The number of aliphatic hydroxyl groups excluding tert-OH is 1. The first-order valence-electron chi connectivity index (χ1n) is 13.2. The van der Waals surface area contributed by atoms with Crippen molar-refractivity contribution in [1.29, 1.82) is 0 Å². The minimum absolute atomic E-state index is 0.0538. The Morgan fingerprint density at radius 2 is 2.14 bits per heavy atom. The van der Waals surface area contributed by atoms with Crippen LogP contribution in [0.25, 0.3) is 10.9 Å². The Kier molecular flexibility index (Phi) is 7.78. The van der Waals surface area contributed by atoms with Crippen LogP contribution in [0.1, 0.15) is 42.6 Å². The van der Waals surface area contributed by atoms with Crippen molar-refractivity contribution >= 4 is 28.5 Å². The van der Waals surface area contributed by atoms with Crippen molar-refractivity contribution < 1.29 is 29.0 Å². The molecule has 1 saturated carbocycles. The smallest absolute Gasteiger partial charge is 0.271 e. The van der Waals surface area contributed by atoms with Crippen LogP contribution in [0.4, 0.5) is 0 Å². The summed E-state index contributed by atoms with van der Waals surface area (Å²) in [6.45, 7) is 1.58. The van der Waals surface area contributed by atoms with E-state index in [9.17, 15) is 19.5 Å². The first-order chi connectivity index (χ1) is 18.0. The lowest BCUT2D eigenvalue weighted by Crippen LogP contribution is -2.53. The van der Waals surface area contributed by atoms with E-state index < -0.39 is 24.5 Å². The average molecular weight is 513 g/mol. The van der Waals surface area contributed by atoms with E-state index in [2.05, 4.69) is 15.6 Å². The van der Waals surface area contributed by atoms with Crippen molar-refractivity contribution in [2.45, 2.75) is 44.2 Å². The molecule has 10 nitrogen and oxygen atoms in total. The van der Waals surface area contributed by atoms with Crippen molar-refractivity contribution in [3.8, 4) is 5.75 Å². The van der Waals surface area contributed by atoms with Crippen molar-refractivity contribution in [3.63, 3.8) is 0 Å². The molecule has 4 N–H and O–H groups in total. The lowest BCUT2D eigenvalue weighted by atomic mass is 9.91. The molecule has 1 aromatic carbocycles. The van der Waals surface area contributed by atoms with Gasteiger partial charge in [-0.2, -0.15) is 0 Å². The Morgan fingerprint density at radius 1 is 1.27 bits per heavy atom. The SMILES string of the molecule is COc1cccc2[nH]c(C(=O)N3C[C@@H]4CCC[C@@H]4[C@H]3C(=O)N[C@@H](C[C@@H]3CCNCOC3)C(=O)CO)cc12. The highest BCUT2D eigenvalue weighted by atomic mass is 16.5. The number of likely N-dealkylation sites (tertiary alicyclic amines) is 1. The molecule has 0 radical (unpaired) electrons. The number of hydrogen-bond donors (Lipinski definition) is 4. The maximum Gasteiger partial charge on any atom is 0.271 e. The first kappa shape index (κ1) is 25.7. The number of Topliss-reactive ketones (excluding diaryl/α,β-unsaturated/α-hetero) is 1. The maximum absolute atomic E-state index is 13.7. The van der Waals surface area contributed by atoms with Crippen LogP contribution < -0.4 is 15.4 Å². The number of ketones is 1. The molecular formula is C27H36N4O6. The van der Waals surface area contributed by atoms with Crippen LogP contribution in [0, 0.1) is 17.8 Å². The molecule has 37 heavy (non-hydrogen) atoms. The molecule has 10 heteroatoms. The van der Waals surface area contributed by atoms with E-state index in [1.807, 2.05) is 18.2 Å². The second-order valence-electron chi connectivity index (χ2n) is 10.5. The number of aliphatic hydroxyl groups is 1. The van der Waals surface area contributed by atoms with Crippen molar-refractivity contribution in [2.24, 2.45) is 17.8 Å². The highest BCUT2D eigenvalue weighted by Crippen LogP contribution is 2.43. The number of H-pyrrole nitrogens is 1. The van der Waals surface area contributed by atoms with Crippen LogP contribution in [0.15, 0.2) is 24.3 Å². The topological polar surface area (TPSA) is 133 Å². The van der Waals surface area contributed by atoms with Gasteiger partial charge in [0.1, 0.15) is 24.1 Å². The quantitative estimate of drug-likeness (QED) is 0.421. The van der Waals surface area contributed by atoms with Crippen molar-refractivity contribution in [2.75, 3.05) is 40.1 Å². The van der Waals surface area contributed by atoms with Crippen LogP contribution in [-0.4, -0.2) is 84.8 Å². The van der Waals surface area contributed by atoms with Gasteiger partial charge in [0.05, 0.1) is 26.5 Å². The lowest BCUT2D eigenvalue weighted by molar-refractivity contribution is -0.132. The third kappa shape index (κ3) is 5.23. The Hall–Kier alpha value is -2.95. The van der Waals surface area contributed by atoms with E-state index in [-0.39, 0.29) is 29.6 Å². The number of rotatable bonds is 8. The summed E-state index contributed by atoms with van der Waals surface area (Å²) in [6, 6.07) is 5.88. The second-order valence-corrected chi connectivity index (χ2v) is 10.5. The van der Waals surface area contributed by atoms with E-state index in [4.69, 9.17) is 9.47 Å². The van der Waals surface area contributed by atoms with Crippen LogP contribution >= 0.6 is 0 Å². The van der Waals surface area contributed by atoms with Crippen molar-refractivity contribution in [1.82, 2.24) is 20.5 Å². The number of carbonyl (C=O) groups excluding carboxylic acids is 3. The number of carbonyl (C=O) groups is 3. The largest absolute Gasteiger partial charge is 0.496 e. The van der Waals surface area contributed by atoms with Crippen LogP contribution in [-0.2, 0) is 14.3 Å². The summed E-state index contributed by atoms with van der Waals surface area (Å²) < 4.78 is 11.0. The molecule has 1 aliphatic carbocycles. The summed E-state index contributed by atoms with van der Waals surface area (Å²) >= 11 is 0. The third-order valence-electron chi connectivity index (χ3n) is 8.21. The number of methoxy groups -OCH3 is 1. The fourth-order valence-electron chi connectivity index (χ4n) is 6.34. The predicted molar refractivity (Wildman–Crippen MR) is 136 cm³/mol. The number of nitrogens with zero attached hydrogens (tertiary/aromatic N) is 1. The van der Waals surface area contributed by atoms with E-state index >= 15 is 0 Å². The zero-order valence-corrected chi connectivity index (χ0v) is 21.2. The van der Waals surface area contributed by atoms with Gasteiger partial charge in [0, 0.05) is 17.4 Å². The Bertz CT molecular complexity index is 1140. The van der Waals surface area contributed by atoms with Gasteiger partial charge in [-0.1, -0.05) is 12.5 Å². The number of aromatic amines is 1. The molecule has 5 atom stereocenters. The number of fused-ring (bicyclic) bond motifs is 2. The highest BCUT2D eigenvalue weighted by molar-refractivity contribution is 6.02. The zero-order chi connectivity index (χ0) is 25.9. The molecular weight excluding hydrogens is 476 g/mol. The van der Waals surface area contributed by atoms with Crippen LogP contribution in [0.5, 0.6) is 5.75 Å². The molecule has 0 bridgehead atoms. The second kappa shape index (κ2) is 11.2. The number of nitrogens with one attached hydrogen (secondary N) is 3. The number of benzene rings is 1. The van der Waals surface area contributed by atoms with Gasteiger partial charge in [0.15, 0.2) is 5.78 Å². The minimum atomic E-state index is -0.820. The maximum atomic E-state index is 13.7. The number of hydrogen-bond acceptors (Lipinski definition) is 7. The molecule has 5 rings (SSSR count). The molecule has 200 valence electrons. The molecule has 2 aromatic rings. The van der Waals surface area contributed by atoms with E-state index in [1.165, 1.54) is 0 Å². The molecule has 3 aliphatic rings. The van der Waals surface area contributed by atoms with Gasteiger partial charge < -0.3 is 29.8 Å². The zero-order valence-electron chi connectivity index (χ0n) is 21.2. The van der Waals surface area contributed by atoms with Gasteiger partial charge in [0.25, 0.3) is 5.91 Å². The number of aromatic nitrogens is 1. The normalized spacial score (nSPS) is 26.5. The molecule has 1 aromatic heterocycles. The van der Waals surface area contributed by atoms with Gasteiger partial charge in [-0.25, -0.2) is 0 Å². The van der Waals surface area contributed by atoms with Crippen LogP contribution in [0.2, 0.25) is 0 Å². The molecule has 2 amide bonds. The molecule has 2 aliphatic heterocycles. The Balaban J connectivity index is 1.37. The van der Waals surface area contributed by atoms with Gasteiger partial charge in [-0.05, 0) is 68.2 Å². The van der Waals surface area contributed by atoms with Gasteiger partial charge >= 0.3 is 0 Å². The van der Waals surface area contributed by atoms with E-state index in [0.29, 0.717) is 37.7 Å². The monoisotopic (exact) mass is 512 g/mol. The minimum Gasteiger partial charge on any atom is -0.496 e. The molecule has 3 heterocycles. The average Bonchev–Trinajstić information content (AvgIpc) is 3.57. The van der Waals surface area contributed by atoms with Crippen molar-refractivity contribution in [3.05, 3.63) is 30.0 Å². The lowest BCUT2D eigenvalue weighted by Gasteiger charge is -2.29. The van der Waals surface area contributed by atoms with Gasteiger partial charge in [-0.15, -0.1) is 0 Å². The number of ether oxygens (including phenoxy) is 2. The molecule has 0 unspecified atom stereocenters. The summed E-state index contributed by atoms with van der Waals surface area (Å²) in [4.78, 5) is 45.0. The molecule has 0 spiro atoms. The van der Waals surface area contributed by atoms with Gasteiger partial charge in [-0.3, -0.25) is 19.7 Å². The fourth-order valence-corrected chi connectivity index (χ4v) is 6.34. The fraction of sp³-hybridized carbons (Fsp3) is 0.593. The summed E-state index contributed by atoms with van der Waals surface area (Å²) in [5.74, 6) is 0.0790. The van der Waals surface area contributed by atoms with E-state index in [1.54, 1.807) is 18.1 Å². The third-order valence-corrected chi connectivity index (χ3v) is 8.21. The highest BCUT2D eigenvalue weighted by Gasteiger charge is 2.50. The first-order valence-corrected chi connectivity index (χ1v) is 13.2. The summed E-state index contributed by atoms with van der Waals surface area (Å²) in [5.41, 5.74) is 1.19. The standard InChI is InChI=1S/C27H36N4O6/c1-36-24-7-3-6-20-19(24)11-22(29-20)27(35)31-12-17-4-2-5-18(17)25(31)26(34)30-21(23(33)13-32)10-16-8-9-28-15-37-14-16/h3,6-7,11,16-18,21,25,28-29,32H,2,4-5,8-10,12-15H2,1H3,(H,30,34)/t16-,17-,18-,21-,25-/m0/s1. The molecule has 3 fully saturated rings. The predicted octanol–water partition coefficient (Wildman–Crippen LogP) is 1.44. The number of amides is 2. The van der Waals surface area contributed by atoms with Crippen LogP contribution in [0.3, 0.4) is 0 Å².